The van der Waals surface area contributed by atoms with Crippen LogP contribution < -0.4 is 9.47 Å². The number of esters is 1. The molecule has 1 atom stereocenters. The van der Waals surface area contributed by atoms with Crippen molar-refractivity contribution in [1.29, 1.82) is 0 Å². The second kappa shape index (κ2) is 13.0. The van der Waals surface area contributed by atoms with Gasteiger partial charge >= 0.3 is 12.1 Å². The van der Waals surface area contributed by atoms with E-state index in [0.29, 0.717) is 59.9 Å². The fourth-order valence-electron chi connectivity index (χ4n) is 4.78. The van der Waals surface area contributed by atoms with E-state index in [2.05, 4.69) is 4.98 Å². The number of hydrogen-bond acceptors (Lipinski definition) is 8. The van der Waals surface area contributed by atoms with Crippen LogP contribution in [0.2, 0.25) is 5.02 Å². The zero-order chi connectivity index (χ0) is 29.8. The number of aromatic nitrogens is 2. The standard InChI is InChI=1S/C31H34ClN3O6S/c1-19(2)17-39-31(37)34-13-11-21(12-14-34)41-22-9-10-25-26(15-22)35(18-33-25)28-16-27(29(42-28)30(36)38-4)40-20(3)23-7-5-6-8-24(23)32/h5-10,15-16,18-21H,11-14,17H2,1-4H3/t20-/m1/s1. The van der Waals surface area contributed by atoms with Gasteiger partial charge in [-0.15, -0.1) is 11.3 Å². The highest BCUT2D eigenvalue weighted by Crippen LogP contribution is 2.38. The molecule has 0 spiro atoms. The molecule has 1 aliphatic rings. The average Bonchev–Trinajstić information content (AvgIpc) is 3.60. The average molecular weight is 612 g/mol. The van der Waals surface area contributed by atoms with Crippen LogP contribution in [0.3, 0.4) is 0 Å². The Bertz CT molecular complexity index is 1560. The van der Waals surface area contributed by atoms with E-state index < -0.39 is 12.1 Å². The summed E-state index contributed by atoms with van der Waals surface area (Å²) in [6, 6.07) is 15.0. The van der Waals surface area contributed by atoms with Crippen molar-refractivity contribution in [2.45, 2.75) is 45.8 Å². The normalized spacial score (nSPS) is 14.7. The summed E-state index contributed by atoms with van der Waals surface area (Å²) in [5.74, 6) is 0.928. The van der Waals surface area contributed by atoms with Gasteiger partial charge in [0.2, 0.25) is 0 Å². The maximum Gasteiger partial charge on any atom is 0.409 e. The number of fused-ring (bicyclic) bond motifs is 1. The monoisotopic (exact) mass is 611 g/mol. The number of rotatable bonds is 9. The molecule has 11 heteroatoms. The summed E-state index contributed by atoms with van der Waals surface area (Å²) in [4.78, 5) is 31.6. The van der Waals surface area contributed by atoms with Crippen LogP contribution >= 0.6 is 22.9 Å². The van der Waals surface area contributed by atoms with Crippen molar-refractivity contribution in [1.82, 2.24) is 14.5 Å². The maximum atomic E-state index is 12.7. The molecule has 1 amide bonds. The number of methoxy groups -OCH3 is 1. The number of halogens is 1. The first-order valence-corrected chi connectivity index (χ1v) is 15.1. The summed E-state index contributed by atoms with van der Waals surface area (Å²) in [6.45, 7) is 7.51. The molecule has 222 valence electrons. The van der Waals surface area contributed by atoms with E-state index >= 15 is 0 Å². The molecule has 42 heavy (non-hydrogen) atoms. The Morgan fingerprint density at radius 1 is 1.10 bits per heavy atom. The number of hydrogen-bond donors (Lipinski definition) is 0. The highest BCUT2D eigenvalue weighted by atomic mass is 35.5. The molecule has 0 saturated carbocycles. The van der Waals surface area contributed by atoms with Crippen molar-refractivity contribution >= 4 is 46.0 Å². The first-order valence-electron chi connectivity index (χ1n) is 13.9. The van der Waals surface area contributed by atoms with E-state index in [4.69, 9.17) is 30.5 Å². The number of benzene rings is 2. The summed E-state index contributed by atoms with van der Waals surface area (Å²) in [6.07, 6.45) is 2.46. The molecule has 2 aromatic carbocycles. The number of thiophene rings is 1. The van der Waals surface area contributed by atoms with Crippen molar-refractivity contribution < 1.29 is 28.5 Å². The molecule has 4 aromatic rings. The lowest BCUT2D eigenvalue weighted by Crippen LogP contribution is -2.42. The lowest BCUT2D eigenvalue weighted by Gasteiger charge is -2.31. The van der Waals surface area contributed by atoms with Gasteiger partial charge in [-0.05, 0) is 31.0 Å². The Kier molecular flexibility index (Phi) is 9.23. The van der Waals surface area contributed by atoms with Crippen molar-refractivity contribution in [2.24, 2.45) is 5.92 Å². The SMILES string of the molecule is COC(=O)c1sc(-n2cnc3ccc(OC4CCN(C(=O)OCC(C)C)CC4)cc32)cc1O[C@H](C)c1ccccc1Cl. The predicted molar refractivity (Wildman–Crippen MR) is 162 cm³/mol. The lowest BCUT2D eigenvalue weighted by molar-refractivity contribution is 0.0597. The Labute approximate surface area is 253 Å². The fraction of sp³-hybridized carbons (Fsp3) is 0.387. The van der Waals surface area contributed by atoms with E-state index in [9.17, 15) is 9.59 Å². The first kappa shape index (κ1) is 29.7. The number of piperidine rings is 1. The van der Waals surface area contributed by atoms with Gasteiger partial charge in [-0.25, -0.2) is 14.6 Å². The van der Waals surface area contributed by atoms with Gasteiger partial charge < -0.3 is 23.8 Å². The fourth-order valence-corrected chi connectivity index (χ4v) is 6.06. The van der Waals surface area contributed by atoms with Gasteiger partial charge in [0.05, 0.1) is 24.8 Å². The van der Waals surface area contributed by atoms with Gasteiger partial charge in [0.15, 0.2) is 4.88 Å². The van der Waals surface area contributed by atoms with Gasteiger partial charge in [-0.1, -0.05) is 43.6 Å². The lowest BCUT2D eigenvalue weighted by atomic mass is 10.1. The van der Waals surface area contributed by atoms with Crippen LogP contribution in [0, 0.1) is 5.92 Å². The number of ether oxygens (including phenoxy) is 4. The van der Waals surface area contributed by atoms with E-state index in [1.807, 2.05) is 67.8 Å². The number of carbonyl (C=O) groups is 2. The molecule has 5 rings (SSSR count). The van der Waals surface area contributed by atoms with E-state index in [1.54, 1.807) is 17.3 Å². The van der Waals surface area contributed by atoms with Gasteiger partial charge in [0, 0.05) is 48.6 Å². The minimum absolute atomic E-state index is 0.0214. The Hall–Kier alpha value is -3.76. The minimum atomic E-state index is -0.486. The predicted octanol–water partition coefficient (Wildman–Crippen LogP) is 7.30. The molecular formula is C31H34ClN3O6S. The van der Waals surface area contributed by atoms with Crippen LogP contribution in [0.15, 0.2) is 54.9 Å². The smallest absolute Gasteiger partial charge is 0.409 e. The topological polar surface area (TPSA) is 92.1 Å². The molecular weight excluding hydrogens is 578 g/mol. The van der Waals surface area contributed by atoms with E-state index in [-0.39, 0.29) is 12.2 Å². The van der Waals surface area contributed by atoms with Crippen molar-refractivity contribution in [2.75, 3.05) is 26.8 Å². The van der Waals surface area contributed by atoms with E-state index in [0.717, 1.165) is 21.6 Å². The maximum absolute atomic E-state index is 12.7. The summed E-state index contributed by atoms with van der Waals surface area (Å²) < 4.78 is 24.9. The van der Waals surface area contributed by atoms with Crippen LogP contribution in [-0.2, 0) is 9.47 Å². The number of nitrogens with zero attached hydrogens (tertiary/aromatic N) is 3. The molecule has 0 aliphatic carbocycles. The molecule has 0 N–H and O–H groups in total. The Morgan fingerprint density at radius 3 is 2.57 bits per heavy atom. The van der Waals surface area contributed by atoms with Crippen LogP contribution in [0.5, 0.6) is 11.5 Å². The third-order valence-electron chi connectivity index (χ3n) is 7.00. The molecule has 0 bridgehead atoms. The molecule has 0 radical (unpaired) electrons. The van der Waals surface area contributed by atoms with Gasteiger partial charge in [0.25, 0.3) is 0 Å². The van der Waals surface area contributed by atoms with Crippen LogP contribution in [-0.4, -0.2) is 59.4 Å². The number of imidazole rings is 1. The van der Waals surface area contributed by atoms with Gasteiger partial charge in [-0.3, -0.25) is 4.57 Å². The van der Waals surface area contributed by atoms with Crippen molar-refractivity contribution in [3.8, 4) is 16.5 Å². The van der Waals surface area contributed by atoms with Crippen molar-refractivity contribution in [3.05, 3.63) is 70.3 Å². The second-order valence-electron chi connectivity index (χ2n) is 10.6. The summed E-state index contributed by atoms with van der Waals surface area (Å²) >= 11 is 7.64. The molecule has 1 fully saturated rings. The molecule has 1 saturated heterocycles. The molecule has 0 unspecified atom stereocenters. The third kappa shape index (κ3) is 6.65. The Morgan fingerprint density at radius 2 is 1.86 bits per heavy atom. The van der Waals surface area contributed by atoms with Crippen LogP contribution in [0.25, 0.3) is 16.0 Å². The minimum Gasteiger partial charge on any atom is -0.490 e. The number of amides is 1. The molecule has 9 nitrogen and oxygen atoms in total. The third-order valence-corrected chi connectivity index (χ3v) is 8.44. The quantitative estimate of drug-likeness (QED) is 0.183. The highest BCUT2D eigenvalue weighted by Gasteiger charge is 2.26. The zero-order valence-electron chi connectivity index (χ0n) is 24.0. The summed E-state index contributed by atoms with van der Waals surface area (Å²) in [7, 11) is 1.35. The largest absolute Gasteiger partial charge is 0.490 e. The zero-order valence-corrected chi connectivity index (χ0v) is 25.6. The van der Waals surface area contributed by atoms with Crippen LogP contribution in [0.1, 0.15) is 55.0 Å². The summed E-state index contributed by atoms with van der Waals surface area (Å²) in [5, 5.41) is 1.33. The number of likely N-dealkylation sites (tertiary alicyclic amines) is 1. The Balaban J connectivity index is 1.33. The first-order chi connectivity index (χ1) is 20.2. The van der Waals surface area contributed by atoms with Crippen LogP contribution in [0.4, 0.5) is 4.79 Å². The van der Waals surface area contributed by atoms with Gasteiger partial charge in [-0.2, -0.15) is 0 Å². The van der Waals surface area contributed by atoms with Gasteiger partial charge in [0.1, 0.15) is 35.0 Å². The molecule has 3 heterocycles. The van der Waals surface area contributed by atoms with E-state index in [1.165, 1.54) is 18.4 Å². The van der Waals surface area contributed by atoms with Crippen molar-refractivity contribution in [3.63, 3.8) is 0 Å². The second-order valence-corrected chi connectivity index (χ2v) is 12.0. The number of carbonyl (C=O) groups excluding carboxylic acids is 2. The molecule has 2 aromatic heterocycles. The summed E-state index contributed by atoms with van der Waals surface area (Å²) in [5.41, 5.74) is 2.42. The highest BCUT2D eigenvalue weighted by molar-refractivity contribution is 7.16. The molecule has 1 aliphatic heterocycles.